The normalized spacial score (nSPS) is 11.1. The lowest BCUT2D eigenvalue weighted by Gasteiger charge is -2.11. The molecule has 0 atom stereocenters. The highest BCUT2D eigenvalue weighted by molar-refractivity contribution is 6.10. The molecule has 0 saturated carbocycles. The van der Waals surface area contributed by atoms with E-state index < -0.39 is 5.91 Å². The number of carbonyl (C=O) groups excluding carboxylic acids is 2. The predicted octanol–water partition coefficient (Wildman–Crippen LogP) is 5.43. The van der Waals surface area contributed by atoms with Gasteiger partial charge in [0.05, 0.1) is 12.2 Å². The topological polar surface area (TPSA) is 84.1 Å². The van der Waals surface area contributed by atoms with E-state index in [1.54, 1.807) is 31.2 Å². The van der Waals surface area contributed by atoms with Crippen molar-refractivity contribution in [2.45, 2.75) is 34.6 Å². The van der Waals surface area contributed by atoms with Gasteiger partial charge in [-0.15, -0.1) is 0 Å². The summed E-state index contributed by atoms with van der Waals surface area (Å²) in [6.07, 6.45) is 1.59. The maximum Gasteiger partial charge on any atom is 0.338 e. The fourth-order valence-corrected chi connectivity index (χ4v) is 3.77. The number of anilines is 1. The molecule has 6 heteroatoms. The zero-order valence-electron chi connectivity index (χ0n) is 19.5. The standard InChI is InChI=1S/C27H27N3O3/c1-6-33-27(32)21-8-7-9-24(15-21)30-19(4)13-22(20(30)5)14-23(16-28)26(31)29-25-11-10-17(2)12-18(25)3/h7-15H,6H2,1-5H3,(H,29,31)/b23-14-. The molecule has 0 unspecified atom stereocenters. The number of carbonyl (C=O) groups is 2. The van der Waals surface area contributed by atoms with Crippen LogP contribution in [0.2, 0.25) is 0 Å². The molecule has 0 aliphatic carbocycles. The number of hydrogen-bond acceptors (Lipinski definition) is 4. The van der Waals surface area contributed by atoms with Crippen molar-refractivity contribution < 1.29 is 14.3 Å². The van der Waals surface area contributed by atoms with Crippen LogP contribution in [0.5, 0.6) is 0 Å². The maximum absolute atomic E-state index is 12.8. The predicted molar refractivity (Wildman–Crippen MR) is 129 cm³/mol. The van der Waals surface area contributed by atoms with Crippen molar-refractivity contribution in [1.29, 1.82) is 5.26 Å². The van der Waals surface area contributed by atoms with Crippen LogP contribution >= 0.6 is 0 Å². The number of esters is 1. The number of aromatic nitrogens is 1. The first kappa shape index (κ1) is 23.6. The van der Waals surface area contributed by atoms with E-state index in [0.717, 1.165) is 33.8 Å². The van der Waals surface area contributed by atoms with Crippen LogP contribution in [0.4, 0.5) is 5.69 Å². The van der Waals surface area contributed by atoms with E-state index in [1.165, 1.54) is 0 Å². The van der Waals surface area contributed by atoms with Gasteiger partial charge < -0.3 is 14.6 Å². The summed E-state index contributed by atoms with van der Waals surface area (Å²) in [5.41, 5.74) is 6.48. The highest BCUT2D eigenvalue weighted by Gasteiger charge is 2.16. The van der Waals surface area contributed by atoms with Gasteiger partial charge >= 0.3 is 5.97 Å². The van der Waals surface area contributed by atoms with Crippen LogP contribution in [0.25, 0.3) is 11.8 Å². The summed E-state index contributed by atoms with van der Waals surface area (Å²) in [6.45, 7) is 9.81. The molecule has 0 saturated heterocycles. The smallest absolute Gasteiger partial charge is 0.338 e. The number of aryl methyl sites for hydroxylation is 3. The van der Waals surface area contributed by atoms with Gasteiger partial charge in [-0.1, -0.05) is 23.8 Å². The summed E-state index contributed by atoms with van der Waals surface area (Å²) in [5, 5.41) is 12.5. The number of rotatable bonds is 6. The van der Waals surface area contributed by atoms with E-state index in [-0.39, 0.29) is 11.5 Å². The lowest BCUT2D eigenvalue weighted by Crippen LogP contribution is -2.14. The average molecular weight is 442 g/mol. The molecular weight excluding hydrogens is 414 g/mol. The third-order valence-electron chi connectivity index (χ3n) is 5.38. The number of ether oxygens (including phenoxy) is 1. The minimum Gasteiger partial charge on any atom is -0.462 e. The van der Waals surface area contributed by atoms with Gasteiger partial charge in [-0.25, -0.2) is 4.79 Å². The molecule has 0 bridgehead atoms. The van der Waals surface area contributed by atoms with Gasteiger partial charge in [0.1, 0.15) is 11.6 Å². The molecule has 1 N–H and O–H groups in total. The molecule has 1 amide bonds. The molecule has 0 radical (unpaired) electrons. The summed E-state index contributed by atoms with van der Waals surface area (Å²) in [6, 6.07) is 16.8. The van der Waals surface area contributed by atoms with Crippen LogP contribution < -0.4 is 5.32 Å². The summed E-state index contributed by atoms with van der Waals surface area (Å²) < 4.78 is 7.08. The lowest BCUT2D eigenvalue weighted by molar-refractivity contribution is -0.112. The van der Waals surface area contributed by atoms with Crippen molar-refractivity contribution in [3.8, 4) is 11.8 Å². The fourth-order valence-electron chi connectivity index (χ4n) is 3.77. The number of nitrogens with one attached hydrogen (secondary N) is 1. The molecule has 1 aromatic heterocycles. The molecule has 0 fully saturated rings. The highest BCUT2D eigenvalue weighted by Crippen LogP contribution is 2.24. The molecule has 3 rings (SSSR count). The third-order valence-corrected chi connectivity index (χ3v) is 5.38. The molecule has 168 valence electrons. The van der Waals surface area contributed by atoms with Gasteiger partial charge in [-0.3, -0.25) is 4.79 Å². The molecule has 6 nitrogen and oxygen atoms in total. The first-order valence-corrected chi connectivity index (χ1v) is 10.7. The van der Waals surface area contributed by atoms with Gasteiger partial charge in [0.15, 0.2) is 0 Å². The third kappa shape index (κ3) is 5.21. The second kappa shape index (κ2) is 10.0. The Labute approximate surface area is 194 Å². The SMILES string of the molecule is CCOC(=O)c1cccc(-n2c(C)cc(/C=C(/C#N)C(=O)Nc3ccc(C)cc3C)c2C)c1. The molecule has 0 aliphatic heterocycles. The Morgan fingerprint density at radius 1 is 1.09 bits per heavy atom. The van der Waals surface area contributed by atoms with Crippen LogP contribution in [0, 0.1) is 39.0 Å². The Hall–Kier alpha value is -4.11. The Kier molecular flexibility index (Phi) is 7.14. The molecule has 0 aliphatic rings. The van der Waals surface area contributed by atoms with Gasteiger partial charge in [0.25, 0.3) is 5.91 Å². The fraction of sp³-hybridized carbons (Fsp3) is 0.222. The van der Waals surface area contributed by atoms with E-state index in [9.17, 15) is 14.9 Å². The quantitative estimate of drug-likeness (QED) is 0.314. The molecular formula is C27H27N3O3. The number of benzene rings is 2. The van der Waals surface area contributed by atoms with Crippen LogP contribution in [-0.4, -0.2) is 23.1 Å². The van der Waals surface area contributed by atoms with E-state index in [2.05, 4.69) is 5.32 Å². The molecule has 1 heterocycles. The van der Waals surface area contributed by atoms with Crippen LogP contribution in [0.1, 0.15) is 45.4 Å². The Bertz CT molecular complexity index is 1290. The first-order chi connectivity index (χ1) is 15.7. The lowest BCUT2D eigenvalue weighted by atomic mass is 10.1. The molecule has 2 aromatic carbocycles. The van der Waals surface area contributed by atoms with Crippen molar-refractivity contribution in [3.05, 3.63) is 87.7 Å². The van der Waals surface area contributed by atoms with Crippen LogP contribution in [0.3, 0.4) is 0 Å². The number of amides is 1. The molecule has 0 spiro atoms. The highest BCUT2D eigenvalue weighted by atomic mass is 16.5. The van der Waals surface area contributed by atoms with Crippen LogP contribution in [-0.2, 0) is 9.53 Å². The minimum absolute atomic E-state index is 0.00972. The minimum atomic E-state index is -0.460. The van der Waals surface area contributed by atoms with Crippen molar-refractivity contribution >= 4 is 23.6 Å². The average Bonchev–Trinajstić information content (AvgIpc) is 3.06. The van der Waals surface area contributed by atoms with Crippen molar-refractivity contribution in [3.63, 3.8) is 0 Å². The summed E-state index contributed by atoms with van der Waals surface area (Å²) in [7, 11) is 0. The van der Waals surface area contributed by atoms with Crippen LogP contribution in [0.15, 0.2) is 54.1 Å². The zero-order chi connectivity index (χ0) is 24.1. The van der Waals surface area contributed by atoms with Gasteiger partial charge in [0.2, 0.25) is 0 Å². The monoisotopic (exact) mass is 441 g/mol. The first-order valence-electron chi connectivity index (χ1n) is 10.7. The van der Waals surface area contributed by atoms with Crippen molar-refractivity contribution in [1.82, 2.24) is 4.57 Å². The summed E-state index contributed by atoms with van der Waals surface area (Å²) in [5.74, 6) is -0.838. The van der Waals surface area contributed by atoms with Gasteiger partial charge in [0, 0.05) is 22.8 Å². The van der Waals surface area contributed by atoms with Crippen molar-refractivity contribution in [2.24, 2.45) is 0 Å². The molecule has 3 aromatic rings. The summed E-state index contributed by atoms with van der Waals surface area (Å²) >= 11 is 0. The molecule has 33 heavy (non-hydrogen) atoms. The largest absolute Gasteiger partial charge is 0.462 e. The van der Waals surface area contributed by atoms with E-state index in [1.807, 2.05) is 68.7 Å². The van der Waals surface area contributed by atoms with Gasteiger partial charge in [-0.2, -0.15) is 5.26 Å². The number of hydrogen-bond donors (Lipinski definition) is 1. The summed E-state index contributed by atoms with van der Waals surface area (Å²) in [4.78, 5) is 24.9. The second-order valence-corrected chi connectivity index (χ2v) is 7.87. The van der Waals surface area contributed by atoms with E-state index in [0.29, 0.717) is 17.9 Å². The number of nitrogens with zero attached hydrogens (tertiary/aromatic N) is 2. The Morgan fingerprint density at radius 3 is 2.52 bits per heavy atom. The second-order valence-electron chi connectivity index (χ2n) is 7.87. The number of nitriles is 1. The zero-order valence-corrected chi connectivity index (χ0v) is 19.5. The van der Waals surface area contributed by atoms with Gasteiger partial charge in [-0.05, 0) is 82.2 Å². The Balaban J connectivity index is 1.94. The van der Waals surface area contributed by atoms with E-state index >= 15 is 0 Å². The maximum atomic E-state index is 12.8. The Morgan fingerprint density at radius 2 is 1.85 bits per heavy atom. The van der Waals surface area contributed by atoms with E-state index in [4.69, 9.17) is 4.74 Å². The van der Waals surface area contributed by atoms with Crippen molar-refractivity contribution in [2.75, 3.05) is 11.9 Å².